The van der Waals surface area contributed by atoms with Gasteiger partial charge in [-0.15, -0.1) is 0 Å². The molecule has 132 valence electrons. The Hall–Kier alpha value is -2.88. The lowest BCUT2D eigenvalue weighted by atomic mass is 9.97. The minimum absolute atomic E-state index is 0.132. The van der Waals surface area contributed by atoms with Gasteiger partial charge in [-0.1, -0.05) is 30.3 Å². The van der Waals surface area contributed by atoms with Gasteiger partial charge in [0, 0.05) is 23.5 Å². The summed E-state index contributed by atoms with van der Waals surface area (Å²) in [5, 5.41) is 11.0. The molecule has 0 bridgehead atoms. The fourth-order valence-corrected chi connectivity index (χ4v) is 4.02. The van der Waals surface area contributed by atoms with E-state index in [0.717, 1.165) is 24.1 Å². The number of nitrogens with zero attached hydrogens (tertiary/aromatic N) is 2. The largest absolute Gasteiger partial charge is 0.337 e. The number of rotatable bonds is 4. The zero-order valence-corrected chi connectivity index (χ0v) is 14.9. The van der Waals surface area contributed by atoms with Crippen LogP contribution in [0.25, 0.3) is 11.3 Å². The molecule has 0 radical (unpaired) electrons. The summed E-state index contributed by atoms with van der Waals surface area (Å²) < 4.78 is 2.44. The molecule has 2 aromatic carbocycles. The standard InChI is InChI=1S/C22H22N2O2/c1-16(17-7-3-2-4-8-17)23-21-10-6-5-9-19(21)15-22(23)18-11-13-20(14-12-18)24(25)26/h2-4,7-8,11-16H,5-6,9-10H2,1H3/t16-/m1/s1. The number of hydrogen-bond donors (Lipinski definition) is 0. The molecule has 1 aromatic heterocycles. The van der Waals surface area contributed by atoms with E-state index in [9.17, 15) is 10.1 Å². The third kappa shape index (κ3) is 2.92. The number of non-ortho nitro benzene ring substituents is 1. The SMILES string of the molecule is C[C@H](c1ccccc1)n1c(-c2ccc([N+](=O)[O-])cc2)cc2c1CCCC2. The molecule has 4 rings (SSSR count). The molecule has 0 aliphatic heterocycles. The molecule has 1 aliphatic carbocycles. The first-order chi connectivity index (χ1) is 12.6. The molecular weight excluding hydrogens is 324 g/mol. The minimum Gasteiger partial charge on any atom is -0.337 e. The molecule has 0 amide bonds. The van der Waals surface area contributed by atoms with E-state index < -0.39 is 0 Å². The Labute approximate surface area is 153 Å². The summed E-state index contributed by atoms with van der Waals surface area (Å²) in [6.07, 6.45) is 4.66. The summed E-state index contributed by atoms with van der Waals surface area (Å²) in [5.41, 5.74) is 6.44. The lowest BCUT2D eigenvalue weighted by molar-refractivity contribution is -0.384. The smallest absolute Gasteiger partial charge is 0.269 e. The zero-order chi connectivity index (χ0) is 18.1. The lowest BCUT2D eigenvalue weighted by Crippen LogP contribution is -2.14. The van der Waals surface area contributed by atoms with E-state index in [1.807, 2.05) is 18.2 Å². The molecule has 1 heterocycles. The first kappa shape index (κ1) is 16.6. The van der Waals surface area contributed by atoms with E-state index in [0.29, 0.717) is 0 Å². The average molecular weight is 346 g/mol. The van der Waals surface area contributed by atoms with Crippen LogP contribution < -0.4 is 0 Å². The van der Waals surface area contributed by atoms with Gasteiger partial charge in [-0.25, -0.2) is 0 Å². The third-order valence-electron chi connectivity index (χ3n) is 5.38. The Bertz CT molecular complexity index is 927. The fraction of sp³-hybridized carbons (Fsp3) is 0.273. The number of nitro benzene ring substituents is 1. The van der Waals surface area contributed by atoms with Crippen molar-refractivity contribution in [3.63, 3.8) is 0 Å². The number of fused-ring (bicyclic) bond motifs is 1. The highest BCUT2D eigenvalue weighted by Gasteiger charge is 2.23. The summed E-state index contributed by atoms with van der Waals surface area (Å²) in [6, 6.07) is 20.0. The highest BCUT2D eigenvalue weighted by atomic mass is 16.6. The second-order valence-electron chi connectivity index (χ2n) is 6.97. The van der Waals surface area contributed by atoms with Crippen molar-refractivity contribution in [3.8, 4) is 11.3 Å². The zero-order valence-electron chi connectivity index (χ0n) is 14.9. The van der Waals surface area contributed by atoms with E-state index >= 15 is 0 Å². The van der Waals surface area contributed by atoms with Crippen molar-refractivity contribution in [1.29, 1.82) is 0 Å². The van der Waals surface area contributed by atoms with Crippen LogP contribution in [0.15, 0.2) is 60.7 Å². The molecule has 4 heteroatoms. The monoisotopic (exact) mass is 346 g/mol. The summed E-state index contributed by atoms with van der Waals surface area (Å²) in [5.74, 6) is 0. The van der Waals surface area contributed by atoms with Crippen molar-refractivity contribution >= 4 is 5.69 Å². The Morgan fingerprint density at radius 1 is 1.00 bits per heavy atom. The van der Waals surface area contributed by atoms with Gasteiger partial charge < -0.3 is 4.57 Å². The minimum atomic E-state index is -0.347. The van der Waals surface area contributed by atoms with Crippen molar-refractivity contribution in [1.82, 2.24) is 4.57 Å². The van der Waals surface area contributed by atoms with Crippen LogP contribution in [-0.4, -0.2) is 9.49 Å². The van der Waals surface area contributed by atoms with Crippen molar-refractivity contribution in [2.45, 2.75) is 38.6 Å². The van der Waals surface area contributed by atoms with Crippen molar-refractivity contribution in [2.75, 3.05) is 0 Å². The maximum absolute atomic E-state index is 11.0. The number of aromatic nitrogens is 1. The van der Waals surface area contributed by atoms with Gasteiger partial charge in [0.25, 0.3) is 5.69 Å². The first-order valence-corrected chi connectivity index (χ1v) is 9.18. The number of benzene rings is 2. The Kier molecular flexibility index (Phi) is 4.33. The van der Waals surface area contributed by atoms with Crippen LogP contribution in [0.4, 0.5) is 5.69 Å². The lowest BCUT2D eigenvalue weighted by Gasteiger charge is -2.23. The highest BCUT2D eigenvalue weighted by molar-refractivity contribution is 5.65. The molecule has 0 fully saturated rings. The predicted octanol–water partition coefficient (Wildman–Crippen LogP) is 5.55. The van der Waals surface area contributed by atoms with Crippen LogP contribution in [0.1, 0.15) is 42.6 Å². The van der Waals surface area contributed by atoms with E-state index in [1.165, 1.54) is 29.7 Å². The van der Waals surface area contributed by atoms with Gasteiger partial charge in [-0.2, -0.15) is 0 Å². The molecule has 0 N–H and O–H groups in total. The molecule has 1 aliphatic rings. The van der Waals surface area contributed by atoms with Gasteiger partial charge in [0.05, 0.1) is 11.0 Å². The highest BCUT2D eigenvalue weighted by Crippen LogP contribution is 2.36. The van der Waals surface area contributed by atoms with Crippen LogP contribution in [0, 0.1) is 10.1 Å². The topological polar surface area (TPSA) is 48.1 Å². The first-order valence-electron chi connectivity index (χ1n) is 9.18. The molecular formula is C22H22N2O2. The van der Waals surface area contributed by atoms with Gasteiger partial charge in [0.1, 0.15) is 0 Å². The van der Waals surface area contributed by atoms with Crippen LogP contribution in [0.5, 0.6) is 0 Å². The van der Waals surface area contributed by atoms with Crippen LogP contribution in [0.3, 0.4) is 0 Å². The van der Waals surface area contributed by atoms with Gasteiger partial charge in [0.15, 0.2) is 0 Å². The number of hydrogen-bond acceptors (Lipinski definition) is 2. The van der Waals surface area contributed by atoms with Gasteiger partial charge >= 0.3 is 0 Å². The molecule has 3 aromatic rings. The summed E-state index contributed by atoms with van der Waals surface area (Å²) in [6.45, 7) is 2.24. The third-order valence-corrected chi connectivity index (χ3v) is 5.38. The van der Waals surface area contributed by atoms with Crippen molar-refractivity contribution < 1.29 is 4.92 Å². The van der Waals surface area contributed by atoms with Crippen molar-refractivity contribution in [3.05, 3.63) is 87.6 Å². The predicted molar refractivity (Wildman–Crippen MR) is 103 cm³/mol. The Morgan fingerprint density at radius 2 is 1.69 bits per heavy atom. The van der Waals surface area contributed by atoms with Crippen LogP contribution in [0.2, 0.25) is 0 Å². The fourth-order valence-electron chi connectivity index (χ4n) is 4.02. The second-order valence-corrected chi connectivity index (χ2v) is 6.97. The number of aryl methyl sites for hydroxylation is 1. The molecule has 4 nitrogen and oxygen atoms in total. The second kappa shape index (κ2) is 6.79. The molecule has 26 heavy (non-hydrogen) atoms. The van der Waals surface area contributed by atoms with E-state index in [-0.39, 0.29) is 16.7 Å². The van der Waals surface area contributed by atoms with Crippen LogP contribution >= 0.6 is 0 Å². The Morgan fingerprint density at radius 3 is 2.38 bits per heavy atom. The summed E-state index contributed by atoms with van der Waals surface area (Å²) in [4.78, 5) is 10.6. The van der Waals surface area contributed by atoms with Crippen molar-refractivity contribution in [2.24, 2.45) is 0 Å². The maximum Gasteiger partial charge on any atom is 0.269 e. The van der Waals surface area contributed by atoms with E-state index in [2.05, 4.69) is 41.8 Å². The van der Waals surface area contributed by atoms with Gasteiger partial charge in [-0.05, 0) is 67.5 Å². The van der Waals surface area contributed by atoms with Gasteiger partial charge in [-0.3, -0.25) is 10.1 Å². The molecule has 0 unspecified atom stereocenters. The van der Waals surface area contributed by atoms with E-state index in [4.69, 9.17) is 0 Å². The average Bonchev–Trinajstić information content (AvgIpc) is 3.07. The van der Waals surface area contributed by atoms with Gasteiger partial charge in [0.2, 0.25) is 0 Å². The maximum atomic E-state index is 11.0. The molecule has 0 spiro atoms. The molecule has 0 saturated heterocycles. The molecule has 1 atom stereocenters. The van der Waals surface area contributed by atoms with Crippen LogP contribution in [-0.2, 0) is 12.8 Å². The van der Waals surface area contributed by atoms with E-state index in [1.54, 1.807) is 12.1 Å². The number of nitro groups is 1. The quantitative estimate of drug-likeness (QED) is 0.459. The summed E-state index contributed by atoms with van der Waals surface area (Å²) >= 11 is 0. The normalized spacial score (nSPS) is 14.7. The Balaban J connectivity index is 1.84. The molecule has 0 saturated carbocycles. The summed E-state index contributed by atoms with van der Waals surface area (Å²) in [7, 11) is 0.